The van der Waals surface area contributed by atoms with E-state index in [1.807, 2.05) is 0 Å². The quantitative estimate of drug-likeness (QED) is 0.684. The van der Waals surface area contributed by atoms with Gasteiger partial charge in [0.15, 0.2) is 0 Å². The van der Waals surface area contributed by atoms with Gasteiger partial charge in [-0.25, -0.2) is 0 Å². The molecule has 0 bridgehead atoms. The molecule has 1 nitrogen and oxygen atoms in total. The van der Waals surface area contributed by atoms with E-state index in [0.29, 0.717) is 5.92 Å². The molecule has 14 heavy (non-hydrogen) atoms. The van der Waals surface area contributed by atoms with Crippen LogP contribution in [0.5, 0.6) is 0 Å². The Balaban J connectivity index is 2.22. The van der Waals surface area contributed by atoms with Crippen molar-refractivity contribution in [2.45, 2.75) is 58.3 Å². The minimum atomic E-state index is 0.696. The molecule has 0 aliphatic heterocycles. The molecule has 1 atom stereocenters. The lowest BCUT2D eigenvalue weighted by molar-refractivity contribution is 0.687. The molecule has 1 unspecified atom stereocenters. The summed E-state index contributed by atoms with van der Waals surface area (Å²) in [7, 11) is 0. The lowest BCUT2D eigenvalue weighted by Crippen LogP contribution is -1.92. The molecule has 78 valence electrons. The Morgan fingerprint density at radius 2 is 2.07 bits per heavy atom. The lowest BCUT2D eigenvalue weighted by Gasteiger charge is -2.04. The number of H-pyrrole nitrogens is 1. The van der Waals surface area contributed by atoms with E-state index in [4.69, 9.17) is 0 Å². The highest BCUT2D eigenvalue weighted by Gasteiger charge is 2.13. The third-order valence-corrected chi connectivity index (χ3v) is 3.53. The molecule has 2 rings (SSSR count). The Labute approximate surface area is 86.9 Å². The van der Waals surface area contributed by atoms with Crippen molar-refractivity contribution in [3.63, 3.8) is 0 Å². The zero-order valence-electron chi connectivity index (χ0n) is 9.40. The maximum absolute atomic E-state index is 3.62. The van der Waals surface area contributed by atoms with Crippen LogP contribution in [0.3, 0.4) is 0 Å². The Hall–Kier alpha value is -0.720. The van der Waals surface area contributed by atoms with E-state index < -0.39 is 0 Å². The van der Waals surface area contributed by atoms with Crippen LogP contribution in [0.1, 0.15) is 62.4 Å². The van der Waals surface area contributed by atoms with Crippen molar-refractivity contribution in [1.29, 1.82) is 0 Å². The number of nitrogens with one attached hydrogen (secondary N) is 1. The van der Waals surface area contributed by atoms with Crippen molar-refractivity contribution in [1.82, 2.24) is 4.98 Å². The molecule has 1 N–H and O–H groups in total. The van der Waals surface area contributed by atoms with Gasteiger partial charge in [-0.3, -0.25) is 0 Å². The van der Waals surface area contributed by atoms with Gasteiger partial charge >= 0.3 is 0 Å². The van der Waals surface area contributed by atoms with Gasteiger partial charge in [-0.2, -0.15) is 0 Å². The molecule has 1 aromatic heterocycles. The summed E-state index contributed by atoms with van der Waals surface area (Å²) in [6, 6.07) is 2.41. The smallest absolute Gasteiger partial charge is 0.0181 e. The molecule has 1 aromatic rings. The van der Waals surface area contributed by atoms with Crippen LogP contribution in [0.2, 0.25) is 0 Å². The predicted molar refractivity (Wildman–Crippen MR) is 60.8 cm³/mol. The molecular formula is C13H21N. The largest absolute Gasteiger partial charge is 0.362 e. The highest BCUT2D eigenvalue weighted by atomic mass is 14.7. The van der Waals surface area contributed by atoms with Crippen molar-refractivity contribution in [2.75, 3.05) is 0 Å². The zero-order chi connectivity index (χ0) is 9.97. The van der Waals surface area contributed by atoms with Crippen LogP contribution in [0, 0.1) is 0 Å². The van der Waals surface area contributed by atoms with Crippen molar-refractivity contribution in [3.8, 4) is 0 Å². The predicted octanol–water partition coefficient (Wildman–Crippen LogP) is 3.80. The SMILES string of the molecule is CCC(C)c1cc2c([nH]1)CCCCC2. The normalized spacial score (nSPS) is 18.7. The summed E-state index contributed by atoms with van der Waals surface area (Å²) in [6.45, 7) is 4.57. The second-order valence-corrected chi connectivity index (χ2v) is 4.60. The van der Waals surface area contributed by atoms with E-state index in [-0.39, 0.29) is 0 Å². The third kappa shape index (κ3) is 1.87. The molecule has 1 aliphatic carbocycles. The van der Waals surface area contributed by atoms with E-state index in [1.54, 1.807) is 5.56 Å². The highest BCUT2D eigenvalue weighted by molar-refractivity contribution is 5.28. The molecule has 0 radical (unpaired) electrons. The number of fused-ring (bicyclic) bond motifs is 1. The maximum Gasteiger partial charge on any atom is 0.0181 e. The fourth-order valence-electron chi connectivity index (χ4n) is 2.29. The van der Waals surface area contributed by atoms with Crippen molar-refractivity contribution in [2.24, 2.45) is 0 Å². The average Bonchev–Trinajstić information content (AvgIpc) is 2.49. The number of rotatable bonds is 2. The van der Waals surface area contributed by atoms with E-state index in [9.17, 15) is 0 Å². The summed E-state index contributed by atoms with van der Waals surface area (Å²) in [5.41, 5.74) is 4.58. The van der Waals surface area contributed by atoms with Gasteiger partial charge in [0.25, 0.3) is 0 Å². The number of aromatic amines is 1. The standard InChI is InChI=1S/C13H21N/c1-3-10(2)13-9-11-7-5-4-6-8-12(11)14-13/h9-10,14H,3-8H2,1-2H3. The molecule has 1 heterocycles. The Kier molecular flexibility index (Phi) is 2.95. The monoisotopic (exact) mass is 191 g/mol. The molecule has 1 heteroatoms. The summed E-state index contributed by atoms with van der Waals surface area (Å²) >= 11 is 0. The minimum absolute atomic E-state index is 0.696. The Morgan fingerprint density at radius 1 is 1.29 bits per heavy atom. The van der Waals surface area contributed by atoms with E-state index in [0.717, 1.165) is 0 Å². The first-order valence-electron chi connectivity index (χ1n) is 6.02. The van der Waals surface area contributed by atoms with E-state index in [1.165, 1.54) is 49.9 Å². The molecular weight excluding hydrogens is 170 g/mol. The van der Waals surface area contributed by atoms with Crippen LogP contribution in [0.25, 0.3) is 0 Å². The van der Waals surface area contributed by atoms with Gasteiger partial charge in [0, 0.05) is 11.4 Å². The minimum Gasteiger partial charge on any atom is -0.362 e. The fourth-order valence-corrected chi connectivity index (χ4v) is 2.29. The summed E-state index contributed by atoms with van der Waals surface area (Å²) in [5, 5.41) is 0. The van der Waals surface area contributed by atoms with E-state index in [2.05, 4.69) is 24.9 Å². The summed E-state index contributed by atoms with van der Waals surface area (Å²) in [4.78, 5) is 3.62. The molecule has 0 saturated heterocycles. The molecule has 1 aliphatic rings. The van der Waals surface area contributed by atoms with E-state index >= 15 is 0 Å². The zero-order valence-corrected chi connectivity index (χ0v) is 9.40. The van der Waals surface area contributed by atoms with Crippen molar-refractivity contribution >= 4 is 0 Å². The second-order valence-electron chi connectivity index (χ2n) is 4.60. The van der Waals surface area contributed by atoms with Gasteiger partial charge < -0.3 is 4.98 Å². The van der Waals surface area contributed by atoms with Crippen molar-refractivity contribution in [3.05, 3.63) is 23.0 Å². The van der Waals surface area contributed by atoms with Crippen LogP contribution in [-0.4, -0.2) is 4.98 Å². The van der Waals surface area contributed by atoms with Crippen LogP contribution in [0.4, 0.5) is 0 Å². The first kappa shape index (κ1) is 9.82. The first-order chi connectivity index (χ1) is 6.81. The molecule has 0 amide bonds. The van der Waals surface area contributed by atoms with Gasteiger partial charge in [-0.05, 0) is 49.7 Å². The molecule has 0 aromatic carbocycles. The van der Waals surface area contributed by atoms with Gasteiger partial charge in [-0.15, -0.1) is 0 Å². The lowest BCUT2D eigenvalue weighted by atomic mass is 10.0. The number of aryl methyl sites for hydroxylation is 2. The van der Waals surface area contributed by atoms with Crippen LogP contribution >= 0.6 is 0 Å². The molecule has 0 saturated carbocycles. The van der Waals surface area contributed by atoms with Gasteiger partial charge in [0.05, 0.1) is 0 Å². The van der Waals surface area contributed by atoms with Crippen LogP contribution in [0.15, 0.2) is 6.07 Å². The maximum atomic E-state index is 3.62. The van der Waals surface area contributed by atoms with Crippen LogP contribution in [-0.2, 0) is 12.8 Å². The Morgan fingerprint density at radius 3 is 2.86 bits per heavy atom. The van der Waals surface area contributed by atoms with Crippen LogP contribution < -0.4 is 0 Å². The third-order valence-electron chi connectivity index (χ3n) is 3.53. The highest BCUT2D eigenvalue weighted by Crippen LogP contribution is 2.25. The average molecular weight is 191 g/mol. The first-order valence-corrected chi connectivity index (χ1v) is 6.02. The summed E-state index contributed by atoms with van der Waals surface area (Å²) in [5.74, 6) is 0.696. The van der Waals surface area contributed by atoms with Gasteiger partial charge in [-0.1, -0.05) is 20.3 Å². The van der Waals surface area contributed by atoms with Gasteiger partial charge in [0.1, 0.15) is 0 Å². The number of hydrogen-bond donors (Lipinski definition) is 1. The number of hydrogen-bond acceptors (Lipinski definition) is 0. The summed E-state index contributed by atoms with van der Waals surface area (Å²) in [6.07, 6.45) is 7.95. The number of aromatic nitrogens is 1. The topological polar surface area (TPSA) is 15.8 Å². The summed E-state index contributed by atoms with van der Waals surface area (Å²) < 4.78 is 0. The fraction of sp³-hybridized carbons (Fsp3) is 0.692. The second kappa shape index (κ2) is 4.20. The van der Waals surface area contributed by atoms with Crippen molar-refractivity contribution < 1.29 is 0 Å². The van der Waals surface area contributed by atoms with Gasteiger partial charge in [0.2, 0.25) is 0 Å². The molecule has 0 spiro atoms. The Bertz CT molecular complexity index is 275. The molecule has 0 fully saturated rings.